The number of aryl methyl sites for hydroxylation is 3. The molecule has 3 aromatic rings. The van der Waals surface area contributed by atoms with Gasteiger partial charge in [-0.1, -0.05) is 22.4 Å². The number of hydrogen-bond acceptors (Lipinski definition) is 4. The van der Waals surface area contributed by atoms with E-state index in [0.717, 1.165) is 5.56 Å². The number of nitrogens with zero attached hydrogens (tertiary/aromatic N) is 4. The molecule has 2 heterocycles. The van der Waals surface area contributed by atoms with E-state index >= 15 is 0 Å². The summed E-state index contributed by atoms with van der Waals surface area (Å²) in [4.78, 5) is 0.537. The van der Waals surface area contributed by atoms with E-state index in [0.29, 0.717) is 16.7 Å². The van der Waals surface area contributed by atoms with Gasteiger partial charge in [0.1, 0.15) is 0 Å². The maximum atomic E-state index is 13.1. The van der Waals surface area contributed by atoms with Crippen molar-refractivity contribution in [1.82, 2.24) is 14.9 Å². The van der Waals surface area contributed by atoms with Crippen molar-refractivity contribution >= 4 is 20.9 Å². The summed E-state index contributed by atoms with van der Waals surface area (Å²) in [7, 11) is -0.161. The third-order valence-corrected chi connectivity index (χ3v) is 5.76. The summed E-state index contributed by atoms with van der Waals surface area (Å²) in [5.41, 5.74) is 2.14. The van der Waals surface area contributed by atoms with E-state index < -0.39 is 9.84 Å². The summed E-state index contributed by atoms with van der Waals surface area (Å²) in [6.45, 7) is 3.67. The largest absolute Gasteiger partial charge is 0.245 e. The molecule has 0 atom stereocenters. The van der Waals surface area contributed by atoms with E-state index in [2.05, 4.69) is 10.2 Å². The SMILES string of the molecule is Cc1ccc(S(=O)(=O)c2c(C)[n+](C)nc3c2cnn3C)cc1. The fourth-order valence-corrected chi connectivity index (χ4v) is 4.13. The first-order valence-electron chi connectivity index (χ1n) is 6.83. The van der Waals surface area contributed by atoms with Gasteiger partial charge < -0.3 is 0 Å². The zero-order chi connectivity index (χ0) is 16.1. The Morgan fingerprint density at radius 3 is 2.41 bits per heavy atom. The molecule has 0 aliphatic carbocycles. The van der Waals surface area contributed by atoms with Crippen LogP contribution in [0, 0.1) is 13.8 Å². The summed E-state index contributed by atoms with van der Waals surface area (Å²) in [6, 6.07) is 6.85. The van der Waals surface area contributed by atoms with Gasteiger partial charge in [0.05, 0.1) is 16.5 Å². The highest BCUT2D eigenvalue weighted by Crippen LogP contribution is 2.28. The molecule has 0 spiro atoms. The molecule has 0 unspecified atom stereocenters. The fourth-order valence-electron chi connectivity index (χ4n) is 2.44. The second-order valence-electron chi connectivity index (χ2n) is 5.36. The Kier molecular flexibility index (Phi) is 3.25. The van der Waals surface area contributed by atoms with Gasteiger partial charge in [-0.05, 0) is 19.1 Å². The van der Waals surface area contributed by atoms with Crippen LogP contribution < -0.4 is 4.68 Å². The average Bonchev–Trinajstić information content (AvgIpc) is 2.81. The van der Waals surface area contributed by atoms with Crippen LogP contribution in [0.4, 0.5) is 0 Å². The molecule has 22 heavy (non-hydrogen) atoms. The Morgan fingerprint density at radius 1 is 1.14 bits per heavy atom. The van der Waals surface area contributed by atoms with Crippen LogP contribution in [-0.2, 0) is 23.9 Å². The molecule has 114 valence electrons. The van der Waals surface area contributed by atoms with Gasteiger partial charge in [-0.15, -0.1) is 0 Å². The van der Waals surface area contributed by atoms with Crippen LogP contribution in [0.3, 0.4) is 0 Å². The minimum atomic E-state index is -3.64. The quantitative estimate of drug-likeness (QED) is 0.667. The van der Waals surface area contributed by atoms with Gasteiger partial charge >= 0.3 is 0 Å². The topological polar surface area (TPSA) is 68.7 Å². The fraction of sp³-hybridized carbons (Fsp3) is 0.267. The molecule has 0 aliphatic heterocycles. The summed E-state index contributed by atoms with van der Waals surface area (Å²) in [5.74, 6) is 0. The first-order valence-corrected chi connectivity index (χ1v) is 8.31. The summed E-state index contributed by atoms with van der Waals surface area (Å²) in [6.07, 6.45) is 1.55. The smallest absolute Gasteiger partial charge is 0.226 e. The van der Waals surface area contributed by atoms with Crippen LogP contribution in [-0.4, -0.2) is 23.3 Å². The molecule has 1 aromatic carbocycles. The monoisotopic (exact) mass is 317 g/mol. The first-order chi connectivity index (χ1) is 10.3. The summed E-state index contributed by atoms with van der Waals surface area (Å²) in [5, 5.41) is 9.05. The van der Waals surface area contributed by atoms with Gasteiger partial charge in [-0.3, -0.25) is 0 Å². The molecule has 0 radical (unpaired) electrons. The van der Waals surface area contributed by atoms with Crippen molar-refractivity contribution in [3.05, 3.63) is 41.7 Å². The van der Waals surface area contributed by atoms with E-state index in [1.54, 1.807) is 60.8 Å². The molecule has 0 saturated carbocycles. The van der Waals surface area contributed by atoms with Crippen molar-refractivity contribution in [2.75, 3.05) is 0 Å². The Bertz CT molecular complexity index is 973. The van der Waals surface area contributed by atoms with E-state index in [-0.39, 0.29) is 9.79 Å². The number of fused-ring (bicyclic) bond motifs is 1. The molecule has 3 rings (SSSR count). The molecule has 6 nitrogen and oxygen atoms in total. The van der Waals surface area contributed by atoms with Gasteiger partial charge in [0, 0.05) is 19.1 Å². The number of rotatable bonds is 2. The highest BCUT2D eigenvalue weighted by molar-refractivity contribution is 7.91. The maximum Gasteiger partial charge on any atom is 0.226 e. The van der Waals surface area contributed by atoms with Crippen LogP contribution in [0.2, 0.25) is 0 Å². The van der Waals surface area contributed by atoms with Crippen molar-refractivity contribution in [2.45, 2.75) is 23.6 Å². The molecule has 2 aromatic heterocycles. The van der Waals surface area contributed by atoms with Gasteiger partial charge in [0.15, 0.2) is 11.9 Å². The zero-order valence-electron chi connectivity index (χ0n) is 12.9. The second-order valence-corrected chi connectivity index (χ2v) is 7.25. The second kappa shape index (κ2) is 4.88. The van der Waals surface area contributed by atoms with Crippen LogP contribution in [0.15, 0.2) is 40.3 Å². The molecule has 7 heteroatoms. The van der Waals surface area contributed by atoms with Crippen molar-refractivity contribution in [1.29, 1.82) is 0 Å². The van der Waals surface area contributed by atoms with Crippen LogP contribution in [0.1, 0.15) is 11.3 Å². The van der Waals surface area contributed by atoms with Gasteiger partial charge in [0.25, 0.3) is 0 Å². The Morgan fingerprint density at radius 2 is 1.77 bits per heavy atom. The van der Waals surface area contributed by atoms with Crippen molar-refractivity contribution in [3.63, 3.8) is 0 Å². The molecule has 0 saturated heterocycles. The molecule has 0 N–H and O–H groups in total. The number of sulfone groups is 1. The lowest BCUT2D eigenvalue weighted by Gasteiger charge is -2.07. The van der Waals surface area contributed by atoms with Crippen LogP contribution >= 0.6 is 0 Å². The van der Waals surface area contributed by atoms with E-state index in [4.69, 9.17) is 0 Å². The predicted octanol–water partition coefficient (Wildman–Crippen LogP) is 1.24. The zero-order valence-corrected chi connectivity index (χ0v) is 13.7. The van der Waals surface area contributed by atoms with Crippen molar-refractivity contribution in [3.8, 4) is 0 Å². The number of hydrogen-bond donors (Lipinski definition) is 0. The van der Waals surface area contributed by atoms with E-state index in [1.807, 2.05) is 6.92 Å². The highest BCUT2D eigenvalue weighted by atomic mass is 32.2. The van der Waals surface area contributed by atoms with E-state index in [9.17, 15) is 8.42 Å². The average molecular weight is 317 g/mol. The third kappa shape index (κ3) is 2.09. The van der Waals surface area contributed by atoms with Crippen LogP contribution in [0.25, 0.3) is 11.0 Å². The van der Waals surface area contributed by atoms with Crippen molar-refractivity contribution < 1.29 is 13.1 Å². The molecule has 0 bridgehead atoms. The predicted molar refractivity (Wildman–Crippen MR) is 81.1 cm³/mol. The number of benzene rings is 1. The van der Waals surface area contributed by atoms with Gasteiger partial charge in [0.2, 0.25) is 21.2 Å². The lowest BCUT2D eigenvalue weighted by molar-refractivity contribution is -0.736. The molecule has 0 amide bonds. The van der Waals surface area contributed by atoms with Crippen LogP contribution in [0.5, 0.6) is 0 Å². The molecule has 0 aliphatic rings. The summed E-state index contributed by atoms with van der Waals surface area (Å²) >= 11 is 0. The maximum absolute atomic E-state index is 13.1. The van der Waals surface area contributed by atoms with Gasteiger partial charge in [-0.2, -0.15) is 5.10 Å². The Hall–Kier alpha value is -2.28. The number of aromatic nitrogens is 4. The highest BCUT2D eigenvalue weighted by Gasteiger charge is 2.30. The lowest BCUT2D eigenvalue weighted by Crippen LogP contribution is -2.38. The first kappa shape index (κ1) is 14.6. The van der Waals surface area contributed by atoms with Gasteiger partial charge in [-0.25, -0.2) is 13.1 Å². The molecule has 0 fully saturated rings. The third-order valence-electron chi connectivity index (χ3n) is 3.81. The van der Waals surface area contributed by atoms with E-state index in [1.165, 1.54) is 0 Å². The standard InChI is InChI=1S/C15H17N4O2S/c1-10-5-7-12(8-6-10)22(20,21)14-11(2)18(3)17-15-13(14)9-16-19(15)4/h5-9H,1-4H3/q+1. The Labute approximate surface area is 128 Å². The minimum absolute atomic E-state index is 0.261. The van der Waals surface area contributed by atoms with Crippen molar-refractivity contribution in [2.24, 2.45) is 14.1 Å². The summed E-state index contributed by atoms with van der Waals surface area (Å²) < 4.78 is 29.3. The molecular formula is C15H17N4O2S+. The normalized spacial score (nSPS) is 12.0. The lowest BCUT2D eigenvalue weighted by atomic mass is 10.2. The Balaban J connectivity index is 2.38. The minimum Gasteiger partial charge on any atom is -0.245 e. The molecular weight excluding hydrogens is 300 g/mol.